The summed E-state index contributed by atoms with van der Waals surface area (Å²) in [4.78, 5) is 17.7. The maximum absolute atomic E-state index is 11.0. The normalized spacial score (nSPS) is 18.0. The minimum absolute atomic E-state index is 0.0561. The lowest BCUT2D eigenvalue weighted by molar-refractivity contribution is 0.0690. The molecule has 1 fully saturated rings. The summed E-state index contributed by atoms with van der Waals surface area (Å²) in [5, 5.41) is 12.3. The number of piperidine rings is 1. The van der Waals surface area contributed by atoms with Crippen molar-refractivity contribution in [3.8, 4) is 0 Å². The molecule has 132 valence electrons. The molecule has 1 aliphatic heterocycles. The highest BCUT2D eigenvalue weighted by atomic mass is 16.4. The fourth-order valence-electron chi connectivity index (χ4n) is 3.39. The van der Waals surface area contributed by atoms with E-state index in [1.807, 2.05) is 6.07 Å². The van der Waals surface area contributed by atoms with Gasteiger partial charge in [0.2, 0.25) is 0 Å². The van der Waals surface area contributed by atoms with Gasteiger partial charge < -0.3 is 10.4 Å². The Hall–Kier alpha value is -2.40. The van der Waals surface area contributed by atoms with E-state index in [1.54, 1.807) is 12.1 Å². The summed E-state index contributed by atoms with van der Waals surface area (Å²) in [6.07, 6.45) is 2.60. The standard InChI is InChI=1S/C20H25N3O2/c1-15-6-5-11-23(13-15)14-17-8-3-2-7-16(17)12-21-19-10-4-9-18(22-19)20(24)25/h2-4,7-10,15H,5-6,11-14H2,1H3,(H,21,22)(H,24,25). The van der Waals surface area contributed by atoms with Crippen molar-refractivity contribution in [2.24, 2.45) is 5.92 Å². The SMILES string of the molecule is CC1CCCN(Cc2ccccc2CNc2cccc(C(=O)O)n2)C1. The lowest BCUT2D eigenvalue weighted by atomic mass is 9.99. The van der Waals surface area contributed by atoms with Gasteiger partial charge in [0.25, 0.3) is 0 Å². The topological polar surface area (TPSA) is 65.5 Å². The second-order valence-electron chi connectivity index (χ2n) is 6.82. The lowest BCUT2D eigenvalue weighted by Crippen LogP contribution is -2.34. The number of aromatic nitrogens is 1. The van der Waals surface area contributed by atoms with Gasteiger partial charge in [-0.05, 0) is 48.6 Å². The summed E-state index contributed by atoms with van der Waals surface area (Å²) < 4.78 is 0. The summed E-state index contributed by atoms with van der Waals surface area (Å²) >= 11 is 0. The molecule has 0 bridgehead atoms. The zero-order chi connectivity index (χ0) is 17.6. The van der Waals surface area contributed by atoms with E-state index in [4.69, 9.17) is 5.11 Å². The molecule has 0 amide bonds. The Balaban J connectivity index is 1.66. The van der Waals surface area contributed by atoms with Crippen LogP contribution in [-0.4, -0.2) is 34.0 Å². The molecule has 5 heteroatoms. The Morgan fingerprint density at radius 3 is 2.80 bits per heavy atom. The molecular formula is C20H25N3O2. The zero-order valence-electron chi connectivity index (χ0n) is 14.6. The van der Waals surface area contributed by atoms with Gasteiger partial charge in [-0.25, -0.2) is 9.78 Å². The number of pyridine rings is 1. The fraction of sp³-hybridized carbons (Fsp3) is 0.400. The van der Waals surface area contributed by atoms with Crippen LogP contribution in [0.15, 0.2) is 42.5 Å². The van der Waals surface area contributed by atoms with Crippen LogP contribution in [0.1, 0.15) is 41.4 Å². The van der Waals surface area contributed by atoms with Crippen molar-refractivity contribution in [3.63, 3.8) is 0 Å². The van der Waals surface area contributed by atoms with Crippen LogP contribution in [0.4, 0.5) is 5.82 Å². The molecule has 2 aromatic rings. The number of hydrogen-bond acceptors (Lipinski definition) is 4. The molecule has 0 aliphatic carbocycles. The molecule has 2 heterocycles. The average Bonchev–Trinajstić information content (AvgIpc) is 2.61. The summed E-state index contributed by atoms with van der Waals surface area (Å²) in [6, 6.07) is 13.4. The van der Waals surface area contributed by atoms with E-state index in [9.17, 15) is 4.79 Å². The van der Waals surface area contributed by atoms with Gasteiger partial charge in [0, 0.05) is 19.6 Å². The van der Waals surface area contributed by atoms with E-state index in [0.717, 1.165) is 25.6 Å². The number of nitrogens with zero attached hydrogens (tertiary/aromatic N) is 2. The second-order valence-corrected chi connectivity index (χ2v) is 6.82. The lowest BCUT2D eigenvalue weighted by Gasteiger charge is -2.31. The highest BCUT2D eigenvalue weighted by molar-refractivity contribution is 5.85. The Labute approximate surface area is 148 Å². The van der Waals surface area contributed by atoms with Crippen molar-refractivity contribution in [2.75, 3.05) is 18.4 Å². The van der Waals surface area contributed by atoms with E-state index in [0.29, 0.717) is 12.4 Å². The first-order valence-electron chi connectivity index (χ1n) is 8.85. The largest absolute Gasteiger partial charge is 0.477 e. The molecule has 3 rings (SSSR count). The molecule has 1 unspecified atom stereocenters. The Morgan fingerprint density at radius 2 is 2.04 bits per heavy atom. The number of anilines is 1. The second kappa shape index (κ2) is 8.12. The number of carboxylic acid groups (broad SMARTS) is 1. The third-order valence-corrected chi connectivity index (χ3v) is 4.68. The van der Waals surface area contributed by atoms with Crippen molar-refractivity contribution >= 4 is 11.8 Å². The molecule has 5 nitrogen and oxygen atoms in total. The molecule has 0 saturated carbocycles. The van der Waals surface area contributed by atoms with Crippen molar-refractivity contribution in [1.82, 2.24) is 9.88 Å². The number of nitrogens with one attached hydrogen (secondary N) is 1. The number of hydrogen-bond donors (Lipinski definition) is 2. The molecular weight excluding hydrogens is 314 g/mol. The van der Waals surface area contributed by atoms with Gasteiger partial charge >= 0.3 is 5.97 Å². The van der Waals surface area contributed by atoms with Crippen LogP contribution in [0, 0.1) is 5.92 Å². The maximum Gasteiger partial charge on any atom is 0.354 e. The van der Waals surface area contributed by atoms with Crippen LogP contribution in [0.2, 0.25) is 0 Å². The van der Waals surface area contributed by atoms with Crippen molar-refractivity contribution in [1.29, 1.82) is 0 Å². The summed E-state index contributed by atoms with van der Waals surface area (Å²) in [5.74, 6) is 0.339. The minimum Gasteiger partial charge on any atom is -0.477 e. The Kier molecular flexibility index (Phi) is 5.66. The predicted octanol–water partition coefficient (Wildman–Crippen LogP) is 3.62. The number of likely N-dealkylation sites (tertiary alicyclic amines) is 1. The van der Waals surface area contributed by atoms with Gasteiger partial charge in [-0.2, -0.15) is 0 Å². The van der Waals surface area contributed by atoms with Gasteiger partial charge in [0.15, 0.2) is 5.69 Å². The summed E-state index contributed by atoms with van der Waals surface area (Å²) in [5.41, 5.74) is 2.60. The average molecular weight is 339 g/mol. The maximum atomic E-state index is 11.0. The highest BCUT2D eigenvalue weighted by Gasteiger charge is 2.17. The van der Waals surface area contributed by atoms with Crippen LogP contribution < -0.4 is 5.32 Å². The van der Waals surface area contributed by atoms with E-state index in [1.165, 1.54) is 30.0 Å². The van der Waals surface area contributed by atoms with Gasteiger partial charge in [-0.3, -0.25) is 4.90 Å². The minimum atomic E-state index is -1.01. The first kappa shape index (κ1) is 17.4. The van der Waals surface area contributed by atoms with E-state index in [-0.39, 0.29) is 5.69 Å². The third kappa shape index (κ3) is 4.79. The summed E-state index contributed by atoms with van der Waals surface area (Å²) in [6.45, 7) is 6.24. The zero-order valence-corrected chi connectivity index (χ0v) is 14.6. The van der Waals surface area contributed by atoms with Gasteiger partial charge in [-0.1, -0.05) is 37.3 Å². The van der Waals surface area contributed by atoms with Gasteiger partial charge in [-0.15, -0.1) is 0 Å². The third-order valence-electron chi connectivity index (χ3n) is 4.68. The predicted molar refractivity (Wildman–Crippen MR) is 98.6 cm³/mol. The summed E-state index contributed by atoms with van der Waals surface area (Å²) in [7, 11) is 0. The number of carboxylic acids is 1. The van der Waals surface area contributed by atoms with Gasteiger partial charge in [0.05, 0.1) is 0 Å². The van der Waals surface area contributed by atoms with Crippen LogP contribution in [0.3, 0.4) is 0 Å². The van der Waals surface area contributed by atoms with Crippen molar-refractivity contribution < 1.29 is 9.90 Å². The molecule has 1 saturated heterocycles. The Morgan fingerprint density at radius 1 is 1.24 bits per heavy atom. The first-order chi connectivity index (χ1) is 12.1. The van der Waals surface area contributed by atoms with E-state index in [2.05, 4.69) is 40.3 Å². The van der Waals surface area contributed by atoms with Crippen LogP contribution in [0.25, 0.3) is 0 Å². The van der Waals surface area contributed by atoms with Crippen molar-refractivity contribution in [3.05, 3.63) is 59.3 Å². The molecule has 0 spiro atoms. The first-order valence-corrected chi connectivity index (χ1v) is 8.85. The van der Waals surface area contributed by atoms with Gasteiger partial charge in [0.1, 0.15) is 5.82 Å². The number of carbonyl (C=O) groups is 1. The quantitative estimate of drug-likeness (QED) is 0.841. The molecule has 1 aromatic carbocycles. The number of aromatic carboxylic acids is 1. The van der Waals surface area contributed by atoms with E-state index >= 15 is 0 Å². The smallest absolute Gasteiger partial charge is 0.354 e. The van der Waals surface area contributed by atoms with Crippen LogP contribution >= 0.6 is 0 Å². The molecule has 1 aliphatic rings. The monoisotopic (exact) mass is 339 g/mol. The fourth-order valence-corrected chi connectivity index (χ4v) is 3.39. The molecule has 25 heavy (non-hydrogen) atoms. The molecule has 1 atom stereocenters. The molecule has 1 aromatic heterocycles. The molecule has 2 N–H and O–H groups in total. The molecule has 0 radical (unpaired) electrons. The van der Waals surface area contributed by atoms with Crippen LogP contribution in [-0.2, 0) is 13.1 Å². The Bertz CT molecular complexity index is 732. The number of rotatable bonds is 6. The highest BCUT2D eigenvalue weighted by Crippen LogP contribution is 2.20. The van der Waals surface area contributed by atoms with Crippen LogP contribution in [0.5, 0.6) is 0 Å². The van der Waals surface area contributed by atoms with E-state index < -0.39 is 5.97 Å². The number of benzene rings is 1. The van der Waals surface area contributed by atoms with Crippen molar-refractivity contribution in [2.45, 2.75) is 32.9 Å².